The van der Waals surface area contributed by atoms with Crippen molar-refractivity contribution in [2.75, 3.05) is 20.0 Å². The number of benzene rings is 1. The summed E-state index contributed by atoms with van der Waals surface area (Å²) in [7, 11) is 3.14. The summed E-state index contributed by atoms with van der Waals surface area (Å²) in [6, 6.07) is 5.89. The number of nitrogens with two attached hydrogens (primary N) is 1. The number of anilines is 1. The van der Waals surface area contributed by atoms with Gasteiger partial charge in [0.05, 0.1) is 32.5 Å². The number of nitrogens with zero attached hydrogens (tertiary/aromatic N) is 2. The Kier molecular flexibility index (Phi) is 4.35. The van der Waals surface area contributed by atoms with Crippen molar-refractivity contribution >= 4 is 34.2 Å². The second-order valence-corrected chi connectivity index (χ2v) is 5.00. The van der Waals surface area contributed by atoms with Crippen LogP contribution in [-0.2, 0) is 16.0 Å². The summed E-state index contributed by atoms with van der Waals surface area (Å²) < 4.78 is 11.3. The molecule has 0 amide bonds. The molecule has 0 saturated heterocycles. The first-order valence-corrected chi connectivity index (χ1v) is 6.67. The highest BCUT2D eigenvalue weighted by molar-refractivity contribution is 14.1. The first kappa shape index (κ1) is 13.8. The van der Waals surface area contributed by atoms with Crippen LogP contribution in [0, 0.1) is 3.57 Å². The van der Waals surface area contributed by atoms with Crippen LogP contribution in [0.15, 0.2) is 35.3 Å². The Morgan fingerprint density at radius 3 is 2.84 bits per heavy atom. The van der Waals surface area contributed by atoms with Crippen LogP contribution in [0.2, 0.25) is 0 Å². The number of hydrogen-bond acceptors (Lipinski definition) is 6. The Hall–Kier alpha value is -1.64. The predicted octanol–water partition coefficient (Wildman–Crippen LogP) is 1.64. The predicted molar refractivity (Wildman–Crippen MR) is 81.8 cm³/mol. The maximum absolute atomic E-state index is 6.05. The van der Waals surface area contributed by atoms with Gasteiger partial charge >= 0.3 is 0 Å². The third kappa shape index (κ3) is 3.22. The lowest BCUT2D eigenvalue weighted by molar-refractivity contribution is 0.127. The zero-order valence-corrected chi connectivity index (χ0v) is 12.8. The number of halogens is 1. The number of nitrogens with one attached hydrogen (secondary N) is 1. The molecular weight excluding hydrogens is 359 g/mol. The number of ether oxygens (including phenoxy) is 2. The smallest absolute Gasteiger partial charge is 0.237 e. The van der Waals surface area contributed by atoms with E-state index >= 15 is 0 Å². The molecule has 1 aromatic rings. The lowest BCUT2D eigenvalue weighted by atomic mass is 10.2. The minimum absolute atomic E-state index is 0.472. The van der Waals surface area contributed by atoms with Gasteiger partial charge < -0.3 is 15.2 Å². The van der Waals surface area contributed by atoms with Crippen LogP contribution in [0.5, 0.6) is 0 Å². The van der Waals surface area contributed by atoms with E-state index in [9.17, 15) is 0 Å². The summed E-state index contributed by atoms with van der Waals surface area (Å²) in [5, 5.41) is 5.89. The fourth-order valence-corrected chi connectivity index (χ4v) is 2.16. The molecule has 3 N–H and O–H groups in total. The maximum atomic E-state index is 6.05. The van der Waals surface area contributed by atoms with Crippen molar-refractivity contribution in [3.8, 4) is 0 Å². The van der Waals surface area contributed by atoms with Gasteiger partial charge in [0.2, 0.25) is 11.8 Å². The Morgan fingerprint density at radius 1 is 1.37 bits per heavy atom. The van der Waals surface area contributed by atoms with Gasteiger partial charge in [-0.25, -0.2) is 0 Å². The molecule has 102 valence electrons. The summed E-state index contributed by atoms with van der Waals surface area (Å²) in [5.74, 6) is 1.04. The Balaban J connectivity index is 2.18. The van der Waals surface area contributed by atoms with Crippen LogP contribution in [0.3, 0.4) is 0 Å². The number of hydrazine groups is 1. The summed E-state index contributed by atoms with van der Waals surface area (Å²) in [5.41, 5.74) is 10.8. The van der Waals surface area contributed by atoms with E-state index in [0.29, 0.717) is 18.3 Å². The number of hydrogen-bond donors (Lipinski definition) is 2. The number of rotatable bonds is 3. The van der Waals surface area contributed by atoms with Crippen molar-refractivity contribution in [3.05, 3.63) is 39.3 Å². The molecule has 0 atom stereocenters. The van der Waals surface area contributed by atoms with Crippen molar-refractivity contribution in [2.24, 2.45) is 5.10 Å². The van der Waals surface area contributed by atoms with E-state index in [-0.39, 0.29) is 0 Å². The van der Waals surface area contributed by atoms with Gasteiger partial charge in [0.25, 0.3) is 0 Å². The average molecular weight is 374 g/mol. The van der Waals surface area contributed by atoms with Crippen LogP contribution in [0.4, 0.5) is 5.69 Å². The van der Waals surface area contributed by atoms with E-state index in [1.165, 1.54) is 0 Å². The van der Waals surface area contributed by atoms with Crippen molar-refractivity contribution in [1.29, 1.82) is 0 Å². The number of para-hydroxylation sites is 1. The molecule has 0 saturated carbocycles. The van der Waals surface area contributed by atoms with Crippen molar-refractivity contribution in [3.63, 3.8) is 0 Å². The van der Waals surface area contributed by atoms with Crippen LogP contribution in [-0.4, -0.2) is 25.2 Å². The molecular formula is C12H15IN4O2. The minimum atomic E-state index is 0.472. The molecule has 1 aromatic carbocycles. The molecule has 1 aliphatic rings. The molecule has 0 unspecified atom stereocenters. The second-order valence-electron chi connectivity index (χ2n) is 3.84. The van der Waals surface area contributed by atoms with Crippen LogP contribution < -0.4 is 11.2 Å². The fraction of sp³-hybridized carbons (Fsp3) is 0.250. The van der Waals surface area contributed by atoms with E-state index in [1.807, 2.05) is 18.2 Å². The van der Waals surface area contributed by atoms with E-state index in [4.69, 9.17) is 15.2 Å². The normalized spacial score (nSPS) is 14.4. The highest BCUT2D eigenvalue weighted by Gasteiger charge is 2.15. The highest BCUT2D eigenvalue weighted by Crippen LogP contribution is 2.21. The van der Waals surface area contributed by atoms with Gasteiger partial charge in [-0.2, -0.15) is 5.12 Å². The number of nitrogen functional groups attached to an aromatic ring is 1. The summed E-state index contributed by atoms with van der Waals surface area (Å²) in [4.78, 5) is 0. The van der Waals surface area contributed by atoms with Crippen LogP contribution in [0.1, 0.15) is 5.56 Å². The third-order valence-electron chi connectivity index (χ3n) is 2.61. The quantitative estimate of drug-likeness (QED) is 0.622. The topological polar surface area (TPSA) is 72.1 Å². The second kappa shape index (κ2) is 6.00. The zero-order chi connectivity index (χ0) is 13.8. The Morgan fingerprint density at radius 2 is 2.16 bits per heavy atom. The summed E-state index contributed by atoms with van der Waals surface area (Å²) >= 11 is 2.21. The highest BCUT2D eigenvalue weighted by atomic mass is 127. The summed E-state index contributed by atoms with van der Waals surface area (Å²) in [6.07, 6.45) is 1.68. The zero-order valence-electron chi connectivity index (χ0n) is 10.7. The van der Waals surface area contributed by atoms with Gasteiger partial charge in [0, 0.05) is 3.57 Å². The first-order valence-electron chi connectivity index (χ1n) is 5.59. The standard InChI is InChI=1S/C12H15IN4O2/c1-18-10-6-11(19-2)16-17(15-10)7-8-4-3-5-9(13)12(8)14/h3-6,15H,7,14H2,1-2H3. The molecule has 7 heteroatoms. The largest absolute Gasteiger partial charge is 0.481 e. The molecule has 0 fully saturated rings. The van der Waals surface area contributed by atoms with Crippen molar-refractivity contribution < 1.29 is 9.47 Å². The van der Waals surface area contributed by atoms with Gasteiger partial charge in [-0.15, -0.1) is 5.10 Å². The van der Waals surface area contributed by atoms with E-state index in [2.05, 4.69) is 33.1 Å². The molecule has 0 bridgehead atoms. The number of hydrazone groups is 1. The first-order chi connectivity index (χ1) is 9.13. The molecule has 0 radical (unpaired) electrons. The van der Waals surface area contributed by atoms with Gasteiger partial charge in [-0.3, -0.25) is 5.43 Å². The van der Waals surface area contributed by atoms with Gasteiger partial charge in [-0.05, 0) is 34.2 Å². The molecule has 2 rings (SSSR count). The van der Waals surface area contributed by atoms with Gasteiger partial charge in [0.1, 0.15) is 0 Å². The van der Waals surface area contributed by atoms with Crippen LogP contribution >= 0.6 is 22.6 Å². The maximum Gasteiger partial charge on any atom is 0.237 e. The molecule has 0 aliphatic carbocycles. The number of methoxy groups -OCH3 is 2. The monoisotopic (exact) mass is 374 g/mol. The molecule has 1 heterocycles. The third-order valence-corrected chi connectivity index (χ3v) is 3.55. The molecule has 6 nitrogen and oxygen atoms in total. The van der Waals surface area contributed by atoms with Crippen molar-refractivity contribution in [2.45, 2.75) is 6.54 Å². The van der Waals surface area contributed by atoms with Crippen LogP contribution in [0.25, 0.3) is 0 Å². The van der Waals surface area contributed by atoms with E-state index in [0.717, 1.165) is 14.8 Å². The Labute approximate surface area is 125 Å². The SMILES string of the molecule is COC1=CC(OC)=NN(Cc2cccc(I)c2N)N1. The van der Waals surface area contributed by atoms with Gasteiger partial charge in [-0.1, -0.05) is 12.1 Å². The van der Waals surface area contributed by atoms with Crippen molar-refractivity contribution in [1.82, 2.24) is 10.5 Å². The van der Waals surface area contributed by atoms with E-state index in [1.54, 1.807) is 25.4 Å². The average Bonchev–Trinajstić information content (AvgIpc) is 2.43. The van der Waals surface area contributed by atoms with Gasteiger partial charge in [0.15, 0.2) is 0 Å². The van der Waals surface area contributed by atoms with E-state index < -0.39 is 0 Å². The summed E-state index contributed by atoms with van der Waals surface area (Å²) in [6.45, 7) is 0.510. The fourth-order valence-electron chi connectivity index (χ4n) is 1.60. The lowest BCUT2D eigenvalue weighted by Gasteiger charge is -2.26. The minimum Gasteiger partial charge on any atom is -0.481 e. The lowest BCUT2D eigenvalue weighted by Crippen LogP contribution is -2.37. The molecule has 0 spiro atoms. The molecule has 1 aliphatic heterocycles. The Bertz CT molecular complexity index is 530. The molecule has 0 aromatic heterocycles. The molecule has 19 heavy (non-hydrogen) atoms.